The molecule has 104 valence electrons. The first-order valence-electron chi connectivity index (χ1n) is 6.75. The maximum atomic E-state index is 13.3. The van der Waals surface area contributed by atoms with E-state index in [-0.39, 0.29) is 5.82 Å². The first kappa shape index (κ1) is 13.0. The number of nitrogens with one attached hydrogen (secondary N) is 1. The average Bonchev–Trinajstić information content (AvgIpc) is 2.47. The molecule has 0 spiro atoms. The van der Waals surface area contributed by atoms with Gasteiger partial charge in [-0.15, -0.1) is 0 Å². The van der Waals surface area contributed by atoms with Crippen molar-refractivity contribution >= 4 is 5.82 Å². The Morgan fingerprint density at radius 2 is 2.25 bits per heavy atom. The second-order valence-corrected chi connectivity index (χ2v) is 4.66. The van der Waals surface area contributed by atoms with Crippen LogP contribution in [0, 0.1) is 5.82 Å². The van der Waals surface area contributed by atoms with Gasteiger partial charge >= 0.3 is 0 Å². The van der Waals surface area contributed by atoms with Gasteiger partial charge in [-0.3, -0.25) is 0 Å². The number of nitrogens with zero attached hydrogens (tertiary/aromatic N) is 2. The van der Waals surface area contributed by atoms with Crippen LogP contribution in [0.1, 0.15) is 18.2 Å². The molecule has 3 rings (SSSR count). The van der Waals surface area contributed by atoms with E-state index in [1.165, 1.54) is 12.1 Å². The van der Waals surface area contributed by atoms with Crippen molar-refractivity contribution < 1.29 is 9.13 Å². The lowest BCUT2D eigenvalue weighted by atomic mass is 10.1. The molecule has 0 fully saturated rings. The second kappa shape index (κ2) is 5.54. The number of halogens is 1. The Balaban J connectivity index is 2.10. The summed E-state index contributed by atoms with van der Waals surface area (Å²) in [4.78, 5) is 9.09. The molecule has 20 heavy (non-hydrogen) atoms. The molecule has 0 aliphatic carbocycles. The summed E-state index contributed by atoms with van der Waals surface area (Å²) in [5.41, 5.74) is 2.69. The van der Waals surface area contributed by atoms with Crippen molar-refractivity contribution in [3.8, 4) is 11.4 Å². The fraction of sp³-hybridized carbons (Fsp3) is 0.333. The molecular formula is C15H16FN3O. The van der Waals surface area contributed by atoms with E-state index < -0.39 is 0 Å². The van der Waals surface area contributed by atoms with E-state index in [0.29, 0.717) is 24.6 Å². The molecule has 1 aliphatic heterocycles. The highest BCUT2D eigenvalue weighted by atomic mass is 19.1. The van der Waals surface area contributed by atoms with Crippen molar-refractivity contribution in [1.29, 1.82) is 0 Å². The van der Waals surface area contributed by atoms with Crippen LogP contribution in [0.4, 0.5) is 10.2 Å². The van der Waals surface area contributed by atoms with Crippen molar-refractivity contribution in [3.63, 3.8) is 0 Å². The number of hydrogen-bond donors (Lipinski definition) is 1. The van der Waals surface area contributed by atoms with Crippen LogP contribution in [0.25, 0.3) is 11.4 Å². The fourth-order valence-corrected chi connectivity index (χ4v) is 2.30. The molecule has 1 N–H and O–H groups in total. The summed E-state index contributed by atoms with van der Waals surface area (Å²) in [6, 6.07) is 6.36. The molecule has 0 radical (unpaired) electrons. The zero-order chi connectivity index (χ0) is 13.9. The second-order valence-electron chi connectivity index (χ2n) is 4.66. The predicted octanol–water partition coefficient (Wildman–Crippen LogP) is 2.79. The van der Waals surface area contributed by atoms with Gasteiger partial charge in [0.05, 0.1) is 18.9 Å². The Kier molecular flexibility index (Phi) is 3.60. The standard InChI is InChI=1S/C15H16FN3O/c1-2-17-15-12-9-20-7-6-13(12)18-14(19-15)10-4-3-5-11(16)8-10/h3-5,8H,2,6-7,9H2,1H3,(H,17,18,19). The Bertz CT molecular complexity index is 631. The minimum Gasteiger partial charge on any atom is -0.376 e. The average molecular weight is 273 g/mol. The van der Waals surface area contributed by atoms with Gasteiger partial charge in [-0.1, -0.05) is 12.1 Å². The molecule has 0 saturated heterocycles. The third-order valence-corrected chi connectivity index (χ3v) is 3.25. The summed E-state index contributed by atoms with van der Waals surface area (Å²) >= 11 is 0. The van der Waals surface area contributed by atoms with E-state index >= 15 is 0 Å². The number of anilines is 1. The topological polar surface area (TPSA) is 47.0 Å². The van der Waals surface area contributed by atoms with Crippen molar-refractivity contribution in [2.75, 3.05) is 18.5 Å². The Morgan fingerprint density at radius 1 is 1.35 bits per heavy atom. The third kappa shape index (κ3) is 2.49. The lowest BCUT2D eigenvalue weighted by Gasteiger charge is -2.20. The van der Waals surface area contributed by atoms with Crippen molar-refractivity contribution in [3.05, 3.63) is 41.3 Å². The molecule has 0 bridgehead atoms. The van der Waals surface area contributed by atoms with Crippen LogP contribution in [0.3, 0.4) is 0 Å². The lowest BCUT2D eigenvalue weighted by Crippen LogP contribution is -2.17. The molecule has 2 aromatic rings. The normalized spacial score (nSPS) is 13.9. The summed E-state index contributed by atoms with van der Waals surface area (Å²) in [5.74, 6) is 1.06. The van der Waals surface area contributed by atoms with E-state index in [0.717, 1.165) is 30.0 Å². The van der Waals surface area contributed by atoms with E-state index in [1.54, 1.807) is 6.07 Å². The van der Waals surface area contributed by atoms with E-state index in [1.807, 2.05) is 13.0 Å². The molecule has 1 aromatic heterocycles. The monoisotopic (exact) mass is 273 g/mol. The lowest BCUT2D eigenvalue weighted by molar-refractivity contribution is 0.109. The molecule has 0 atom stereocenters. The number of ether oxygens (including phenoxy) is 1. The highest BCUT2D eigenvalue weighted by Crippen LogP contribution is 2.26. The predicted molar refractivity (Wildman–Crippen MR) is 74.9 cm³/mol. The summed E-state index contributed by atoms with van der Waals surface area (Å²) in [5, 5.41) is 3.24. The van der Waals surface area contributed by atoms with Gasteiger partial charge in [0.2, 0.25) is 0 Å². The van der Waals surface area contributed by atoms with Crippen molar-refractivity contribution in [2.45, 2.75) is 20.0 Å². The van der Waals surface area contributed by atoms with Gasteiger partial charge in [0.25, 0.3) is 0 Å². The number of rotatable bonds is 3. The Morgan fingerprint density at radius 3 is 3.05 bits per heavy atom. The van der Waals surface area contributed by atoms with Crippen LogP contribution in [-0.2, 0) is 17.8 Å². The van der Waals surface area contributed by atoms with Gasteiger partial charge in [-0.05, 0) is 19.1 Å². The number of benzene rings is 1. The SMILES string of the molecule is CCNc1nc(-c2cccc(F)c2)nc2c1COCC2. The number of hydrogen-bond acceptors (Lipinski definition) is 4. The van der Waals surface area contributed by atoms with Gasteiger partial charge in [-0.2, -0.15) is 0 Å². The van der Waals surface area contributed by atoms with Gasteiger partial charge in [-0.25, -0.2) is 14.4 Å². The summed E-state index contributed by atoms with van der Waals surface area (Å²) in [7, 11) is 0. The maximum Gasteiger partial charge on any atom is 0.161 e. The molecule has 2 heterocycles. The number of aromatic nitrogens is 2. The van der Waals surface area contributed by atoms with E-state index in [4.69, 9.17) is 4.74 Å². The maximum absolute atomic E-state index is 13.3. The summed E-state index contributed by atoms with van der Waals surface area (Å²) < 4.78 is 18.8. The molecular weight excluding hydrogens is 257 g/mol. The zero-order valence-corrected chi connectivity index (χ0v) is 11.3. The molecule has 5 heteroatoms. The highest BCUT2D eigenvalue weighted by molar-refractivity contribution is 5.60. The van der Waals surface area contributed by atoms with E-state index in [2.05, 4.69) is 15.3 Å². The minimum atomic E-state index is -0.280. The van der Waals surface area contributed by atoms with Gasteiger partial charge in [0.15, 0.2) is 5.82 Å². The van der Waals surface area contributed by atoms with Crippen LogP contribution < -0.4 is 5.32 Å². The largest absolute Gasteiger partial charge is 0.376 e. The summed E-state index contributed by atoms with van der Waals surface area (Å²) in [6.07, 6.45) is 0.762. The minimum absolute atomic E-state index is 0.280. The third-order valence-electron chi connectivity index (χ3n) is 3.25. The Labute approximate surface area is 117 Å². The van der Waals surface area contributed by atoms with Crippen LogP contribution in [0.5, 0.6) is 0 Å². The van der Waals surface area contributed by atoms with Gasteiger partial charge in [0, 0.05) is 24.1 Å². The van der Waals surface area contributed by atoms with Crippen LogP contribution >= 0.6 is 0 Å². The first-order chi connectivity index (χ1) is 9.78. The van der Waals surface area contributed by atoms with Gasteiger partial charge in [0.1, 0.15) is 11.6 Å². The van der Waals surface area contributed by atoms with Gasteiger partial charge < -0.3 is 10.1 Å². The van der Waals surface area contributed by atoms with Crippen molar-refractivity contribution in [2.24, 2.45) is 0 Å². The molecule has 0 amide bonds. The molecule has 1 aromatic carbocycles. The smallest absolute Gasteiger partial charge is 0.161 e. The molecule has 4 nitrogen and oxygen atoms in total. The van der Waals surface area contributed by atoms with Crippen molar-refractivity contribution in [1.82, 2.24) is 9.97 Å². The van der Waals surface area contributed by atoms with Crippen LogP contribution in [0.15, 0.2) is 24.3 Å². The molecule has 0 unspecified atom stereocenters. The molecule has 1 aliphatic rings. The fourth-order valence-electron chi connectivity index (χ4n) is 2.30. The van der Waals surface area contributed by atoms with E-state index in [9.17, 15) is 4.39 Å². The molecule has 0 saturated carbocycles. The highest BCUT2D eigenvalue weighted by Gasteiger charge is 2.18. The number of fused-ring (bicyclic) bond motifs is 1. The zero-order valence-electron chi connectivity index (χ0n) is 11.3. The van der Waals surface area contributed by atoms with Crippen LogP contribution in [-0.4, -0.2) is 23.1 Å². The Hall–Kier alpha value is -2.01. The quantitative estimate of drug-likeness (QED) is 0.934. The first-order valence-corrected chi connectivity index (χ1v) is 6.75. The summed E-state index contributed by atoms with van der Waals surface area (Å²) in [6.45, 7) is 3.98. The van der Waals surface area contributed by atoms with Crippen LogP contribution in [0.2, 0.25) is 0 Å².